The third-order valence-corrected chi connectivity index (χ3v) is 3.47. The maximum atomic E-state index is 12.0. The molecule has 114 valence electrons. The predicted octanol–water partition coefficient (Wildman–Crippen LogP) is 0.407. The molecule has 7 nitrogen and oxygen atoms in total. The molecule has 0 radical (unpaired) electrons. The maximum absolute atomic E-state index is 12.0. The summed E-state index contributed by atoms with van der Waals surface area (Å²) >= 11 is 0. The van der Waals surface area contributed by atoms with Gasteiger partial charge in [0.2, 0.25) is 0 Å². The van der Waals surface area contributed by atoms with Gasteiger partial charge < -0.3 is 25.3 Å². The Bertz CT molecular complexity index is 509. The monoisotopic (exact) mass is 293 g/mol. The molecule has 1 aliphatic rings. The minimum Gasteiger partial charge on any atom is -0.484 e. The van der Waals surface area contributed by atoms with E-state index in [1.165, 1.54) is 0 Å². The van der Waals surface area contributed by atoms with Crippen molar-refractivity contribution in [2.45, 2.75) is 12.5 Å². The number of amides is 1. The van der Waals surface area contributed by atoms with Crippen LogP contribution in [0.25, 0.3) is 0 Å². The van der Waals surface area contributed by atoms with Crippen molar-refractivity contribution in [1.29, 1.82) is 0 Å². The Morgan fingerprint density at radius 3 is 2.81 bits per heavy atom. The summed E-state index contributed by atoms with van der Waals surface area (Å²) in [6.07, 6.45) is 0.858. The zero-order valence-corrected chi connectivity index (χ0v) is 11.9. The van der Waals surface area contributed by atoms with Crippen molar-refractivity contribution >= 4 is 11.7 Å². The Balaban J connectivity index is 1.86. The molecule has 1 saturated heterocycles. The number of nitrogens with zero attached hydrogens (tertiary/aromatic N) is 2. The molecule has 2 rings (SSSR count). The summed E-state index contributed by atoms with van der Waals surface area (Å²) in [6.45, 7) is 1.24. The number of ether oxygens (including phenoxy) is 2. The SMILES string of the molecule is CN(C(=O)COc1ccc(/C(N)=N/O)cc1)C1CCOC1. The number of hydrogen-bond donors (Lipinski definition) is 2. The van der Waals surface area contributed by atoms with Crippen LogP contribution in [0, 0.1) is 0 Å². The number of likely N-dealkylation sites (N-methyl/N-ethyl adjacent to an activating group) is 1. The van der Waals surface area contributed by atoms with E-state index in [9.17, 15) is 4.79 Å². The highest BCUT2D eigenvalue weighted by Gasteiger charge is 2.24. The average Bonchev–Trinajstić information content (AvgIpc) is 3.06. The molecule has 1 aromatic carbocycles. The summed E-state index contributed by atoms with van der Waals surface area (Å²) in [4.78, 5) is 13.7. The van der Waals surface area contributed by atoms with E-state index in [1.54, 1.807) is 36.2 Å². The highest BCUT2D eigenvalue weighted by molar-refractivity contribution is 5.97. The number of amidine groups is 1. The Kier molecular flexibility index (Phi) is 4.99. The van der Waals surface area contributed by atoms with E-state index in [0.29, 0.717) is 24.5 Å². The van der Waals surface area contributed by atoms with Crippen molar-refractivity contribution in [3.8, 4) is 5.75 Å². The van der Waals surface area contributed by atoms with Crippen LogP contribution in [0.2, 0.25) is 0 Å². The van der Waals surface area contributed by atoms with Gasteiger partial charge in [0.05, 0.1) is 12.6 Å². The molecule has 0 aromatic heterocycles. The second-order valence-corrected chi connectivity index (χ2v) is 4.82. The van der Waals surface area contributed by atoms with Crippen molar-refractivity contribution in [3.05, 3.63) is 29.8 Å². The second kappa shape index (κ2) is 6.94. The first-order chi connectivity index (χ1) is 10.1. The zero-order chi connectivity index (χ0) is 15.2. The molecule has 1 aliphatic heterocycles. The van der Waals surface area contributed by atoms with Crippen LogP contribution < -0.4 is 10.5 Å². The Morgan fingerprint density at radius 1 is 1.52 bits per heavy atom. The summed E-state index contributed by atoms with van der Waals surface area (Å²) in [5, 5.41) is 11.5. The van der Waals surface area contributed by atoms with Crippen LogP contribution >= 0.6 is 0 Å². The fourth-order valence-electron chi connectivity index (χ4n) is 2.06. The van der Waals surface area contributed by atoms with Crippen LogP contribution in [0.5, 0.6) is 5.75 Å². The van der Waals surface area contributed by atoms with Crippen LogP contribution in [-0.4, -0.2) is 54.8 Å². The quantitative estimate of drug-likeness (QED) is 0.354. The van der Waals surface area contributed by atoms with E-state index in [4.69, 9.17) is 20.4 Å². The molecule has 0 spiro atoms. The van der Waals surface area contributed by atoms with Gasteiger partial charge >= 0.3 is 0 Å². The molecule has 1 unspecified atom stereocenters. The molecular formula is C14H19N3O4. The number of nitrogens with two attached hydrogens (primary N) is 1. The maximum Gasteiger partial charge on any atom is 0.260 e. The fraction of sp³-hybridized carbons (Fsp3) is 0.429. The van der Waals surface area contributed by atoms with Crippen molar-refractivity contribution in [3.63, 3.8) is 0 Å². The first kappa shape index (κ1) is 15.1. The average molecular weight is 293 g/mol. The number of oxime groups is 1. The highest BCUT2D eigenvalue weighted by Crippen LogP contribution is 2.14. The van der Waals surface area contributed by atoms with Gasteiger partial charge in [-0.05, 0) is 30.7 Å². The standard InChI is InChI=1S/C14H19N3O4/c1-17(11-6-7-20-8-11)13(18)9-21-12-4-2-10(3-5-12)14(15)16-19/h2-5,11,19H,6-9H2,1H3,(H2,15,16). The number of carbonyl (C=O) groups excluding carboxylic acids is 1. The number of rotatable bonds is 5. The van der Waals surface area contributed by atoms with Gasteiger partial charge in [0.25, 0.3) is 5.91 Å². The number of benzene rings is 1. The second-order valence-electron chi connectivity index (χ2n) is 4.82. The van der Waals surface area contributed by atoms with E-state index in [-0.39, 0.29) is 24.4 Å². The Morgan fingerprint density at radius 2 is 2.24 bits per heavy atom. The largest absolute Gasteiger partial charge is 0.484 e. The Hall–Kier alpha value is -2.28. The topological polar surface area (TPSA) is 97.4 Å². The molecule has 3 N–H and O–H groups in total. The molecule has 1 atom stereocenters. The lowest BCUT2D eigenvalue weighted by Crippen LogP contribution is -2.40. The fourth-order valence-corrected chi connectivity index (χ4v) is 2.06. The van der Waals surface area contributed by atoms with E-state index >= 15 is 0 Å². The summed E-state index contributed by atoms with van der Waals surface area (Å²) in [5.74, 6) is 0.485. The molecule has 1 fully saturated rings. The molecule has 7 heteroatoms. The van der Waals surface area contributed by atoms with E-state index in [1.807, 2.05) is 0 Å². The predicted molar refractivity (Wildman–Crippen MR) is 76.4 cm³/mol. The molecule has 1 heterocycles. The first-order valence-corrected chi connectivity index (χ1v) is 6.66. The summed E-state index contributed by atoms with van der Waals surface area (Å²) in [7, 11) is 1.76. The summed E-state index contributed by atoms with van der Waals surface area (Å²) in [5.41, 5.74) is 6.04. The minimum atomic E-state index is -0.0917. The van der Waals surface area contributed by atoms with Crippen LogP contribution in [0.15, 0.2) is 29.4 Å². The lowest BCUT2D eigenvalue weighted by atomic mass is 10.2. The van der Waals surface area contributed by atoms with Gasteiger partial charge in [-0.3, -0.25) is 4.79 Å². The van der Waals surface area contributed by atoms with Crippen LogP contribution in [0.1, 0.15) is 12.0 Å². The normalized spacial score (nSPS) is 18.5. The highest BCUT2D eigenvalue weighted by atomic mass is 16.5. The third-order valence-electron chi connectivity index (χ3n) is 3.47. The molecular weight excluding hydrogens is 274 g/mol. The Labute approximate surface area is 122 Å². The van der Waals surface area contributed by atoms with Gasteiger partial charge in [-0.1, -0.05) is 5.16 Å². The molecule has 1 aromatic rings. The van der Waals surface area contributed by atoms with Gasteiger partial charge in [0.15, 0.2) is 12.4 Å². The van der Waals surface area contributed by atoms with Gasteiger partial charge in [-0.2, -0.15) is 0 Å². The van der Waals surface area contributed by atoms with Gasteiger partial charge in [0, 0.05) is 19.2 Å². The smallest absolute Gasteiger partial charge is 0.260 e. The summed E-state index contributed by atoms with van der Waals surface area (Å²) in [6, 6.07) is 6.77. The van der Waals surface area contributed by atoms with Crippen LogP contribution in [-0.2, 0) is 9.53 Å². The third kappa shape index (κ3) is 3.85. The van der Waals surface area contributed by atoms with Crippen molar-refractivity contribution in [2.24, 2.45) is 10.9 Å². The lowest BCUT2D eigenvalue weighted by Gasteiger charge is -2.23. The minimum absolute atomic E-state index is 0.0265. The molecule has 0 saturated carbocycles. The number of hydrogen-bond acceptors (Lipinski definition) is 5. The van der Waals surface area contributed by atoms with E-state index < -0.39 is 0 Å². The first-order valence-electron chi connectivity index (χ1n) is 6.66. The van der Waals surface area contributed by atoms with Crippen molar-refractivity contribution in [1.82, 2.24) is 4.90 Å². The lowest BCUT2D eigenvalue weighted by molar-refractivity contribution is -0.134. The molecule has 1 amide bonds. The van der Waals surface area contributed by atoms with Gasteiger partial charge in [-0.15, -0.1) is 0 Å². The van der Waals surface area contributed by atoms with Crippen molar-refractivity contribution in [2.75, 3.05) is 26.9 Å². The molecule has 0 bridgehead atoms. The van der Waals surface area contributed by atoms with Crippen LogP contribution in [0.4, 0.5) is 0 Å². The van der Waals surface area contributed by atoms with E-state index in [0.717, 1.165) is 6.42 Å². The number of carbonyl (C=O) groups is 1. The van der Waals surface area contributed by atoms with Gasteiger partial charge in [0.1, 0.15) is 5.75 Å². The van der Waals surface area contributed by atoms with Gasteiger partial charge in [-0.25, -0.2) is 0 Å². The zero-order valence-electron chi connectivity index (χ0n) is 11.9. The van der Waals surface area contributed by atoms with E-state index in [2.05, 4.69) is 5.16 Å². The van der Waals surface area contributed by atoms with Crippen molar-refractivity contribution < 1.29 is 19.5 Å². The molecule has 21 heavy (non-hydrogen) atoms. The summed E-state index contributed by atoms with van der Waals surface area (Å²) < 4.78 is 10.7. The molecule has 0 aliphatic carbocycles. The van der Waals surface area contributed by atoms with Crippen LogP contribution in [0.3, 0.4) is 0 Å².